The Kier molecular flexibility index (Phi) is 4.26. The Morgan fingerprint density at radius 2 is 1.85 bits per heavy atom. The van der Waals surface area contributed by atoms with E-state index in [1.54, 1.807) is 24.3 Å². The molecular formula is C12H9Cl2N3O3. The smallest absolute Gasteiger partial charge is 0.325 e. The van der Waals surface area contributed by atoms with Gasteiger partial charge in [0.25, 0.3) is 5.56 Å². The van der Waals surface area contributed by atoms with Crippen LogP contribution in [0, 0.1) is 0 Å². The number of carbonyl (C=O) groups is 1. The first kappa shape index (κ1) is 14.4. The predicted octanol–water partition coefficient (Wildman–Crippen LogP) is 1.48. The van der Waals surface area contributed by atoms with Crippen molar-refractivity contribution in [2.24, 2.45) is 0 Å². The molecule has 0 saturated carbocycles. The molecule has 0 bridgehead atoms. The third kappa shape index (κ3) is 3.49. The number of nitrogens with zero attached hydrogens (tertiary/aromatic N) is 1. The minimum Gasteiger partial charge on any atom is -0.325 e. The molecule has 6 nitrogen and oxygen atoms in total. The van der Waals surface area contributed by atoms with E-state index in [2.05, 4.69) is 5.32 Å². The van der Waals surface area contributed by atoms with Crippen molar-refractivity contribution in [3.8, 4) is 0 Å². The summed E-state index contributed by atoms with van der Waals surface area (Å²) in [6, 6.07) is 6.51. The summed E-state index contributed by atoms with van der Waals surface area (Å²) in [5.41, 5.74) is -0.848. The maximum atomic E-state index is 11.8. The zero-order chi connectivity index (χ0) is 14.7. The Balaban J connectivity index is 2.12. The van der Waals surface area contributed by atoms with Gasteiger partial charge in [0.1, 0.15) is 11.6 Å². The summed E-state index contributed by atoms with van der Waals surface area (Å²) in [5, 5.41) is 2.97. The van der Waals surface area contributed by atoms with Gasteiger partial charge in [-0.05, 0) is 24.3 Å². The highest BCUT2D eigenvalue weighted by Gasteiger charge is 2.07. The number of H-pyrrole nitrogens is 1. The summed E-state index contributed by atoms with van der Waals surface area (Å²) < 4.78 is 1.01. The van der Waals surface area contributed by atoms with Crippen LogP contribution in [0.1, 0.15) is 0 Å². The quantitative estimate of drug-likeness (QED) is 0.900. The van der Waals surface area contributed by atoms with E-state index in [4.69, 9.17) is 23.2 Å². The Bertz CT molecular complexity index is 750. The van der Waals surface area contributed by atoms with Crippen molar-refractivity contribution >= 4 is 34.8 Å². The fourth-order valence-electron chi connectivity index (χ4n) is 1.49. The molecule has 20 heavy (non-hydrogen) atoms. The van der Waals surface area contributed by atoms with Crippen molar-refractivity contribution in [3.05, 3.63) is 61.3 Å². The van der Waals surface area contributed by atoms with E-state index in [-0.39, 0.29) is 11.6 Å². The molecule has 1 aromatic heterocycles. The van der Waals surface area contributed by atoms with Crippen LogP contribution < -0.4 is 16.6 Å². The van der Waals surface area contributed by atoms with Gasteiger partial charge in [0.2, 0.25) is 5.91 Å². The number of aromatic nitrogens is 2. The zero-order valence-corrected chi connectivity index (χ0v) is 11.5. The highest BCUT2D eigenvalue weighted by molar-refractivity contribution is 6.30. The van der Waals surface area contributed by atoms with Crippen LogP contribution in [0.3, 0.4) is 0 Å². The minimum absolute atomic E-state index is 0.163. The summed E-state index contributed by atoms with van der Waals surface area (Å²) >= 11 is 11.3. The Labute approximate surface area is 123 Å². The number of anilines is 1. The van der Waals surface area contributed by atoms with Gasteiger partial charge in [0, 0.05) is 16.9 Å². The largest absolute Gasteiger partial charge is 0.328 e. The number of halogens is 2. The number of carbonyl (C=O) groups excluding carboxylic acids is 1. The minimum atomic E-state index is -0.703. The number of rotatable bonds is 3. The average molecular weight is 314 g/mol. The second-order valence-electron chi connectivity index (χ2n) is 3.92. The lowest BCUT2D eigenvalue weighted by Gasteiger charge is -2.07. The van der Waals surface area contributed by atoms with E-state index in [1.165, 1.54) is 0 Å². The van der Waals surface area contributed by atoms with Crippen LogP contribution in [-0.4, -0.2) is 15.5 Å². The van der Waals surface area contributed by atoms with Gasteiger partial charge < -0.3 is 5.32 Å². The highest BCUT2D eigenvalue weighted by Crippen LogP contribution is 2.13. The van der Waals surface area contributed by atoms with Gasteiger partial charge in [-0.3, -0.25) is 19.1 Å². The number of amides is 1. The molecule has 1 aromatic carbocycles. The Morgan fingerprint density at radius 3 is 2.50 bits per heavy atom. The molecule has 0 atom stereocenters. The maximum Gasteiger partial charge on any atom is 0.328 e. The first-order valence-electron chi connectivity index (χ1n) is 5.50. The van der Waals surface area contributed by atoms with Crippen LogP contribution in [0.2, 0.25) is 10.0 Å². The van der Waals surface area contributed by atoms with E-state index in [9.17, 15) is 14.4 Å². The number of benzene rings is 1. The monoisotopic (exact) mass is 313 g/mol. The van der Waals surface area contributed by atoms with Crippen LogP contribution in [0.25, 0.3) is 0 Å². The third-order valence-corrected chi connectivity index (χ3v) is 2.93. The molecule has 0 aliphatic rings. The number of aromatic amines is 1. The van der Waals surface area contributed by atoms with Gasteiger partial charge in [-0.2, -0.15) is 0 Å². The van der Waals surface area contributed by atoms with Crippen LogP contribution in [0.4, 0.5) is 5.69 Å². The van der Waals surface area contributed by atoms with Crippen LogP contribution in [0.15, 0.2) is 40.1 Å². The molecule has 1 heterocycles. The summed E-state index contributed by atoms with van der Waals surface area (Å²) in [5.74, 6) is -0.433. The molecule has 0 fully saturated rings. The molecule has 2 rings (SSSR count). The lowest BCUT2D eigenvalue weighted by Crippen LogP contribution is -2.33. The van der Waals surface area contributed by atoms with Crippen LogP contribution >= 0.6 is 23.2 Å². The Hall–Kier alpha value is -2.05. The van der Waals surface area contributed by atoms with Gasteiger partial charge in [0.15, 0.2) is 0 Å². The van der Waals surface area contributed by atoms with Gasteiger partial charge in [0.05, 0.1) is 0 Å². The van der Waals surface area contributed by atoms with E-state index < -0.39 is 17.2 Å². The molecule has 8 heteroatoms. The van der Waals surface area contributed by atoms with Crippen molar-refractivity contribution in [2.45, 2.75) is 6.54 Å². The molecule has 0 unspecified atom stereocenters. The molecule has 0 radical (unpaired) electrons. The van der Waals surface area contributed by atoms with E-state index in [0.29, 0.717) is 10.7 Å². The van der Waals surface area contributed by atoms with Crippen molar-refractivity contribution in [1.29, 1.82) is 0 Å². The standard InChI is InChI=1S/C12H9Cl2N3O3/c13-7-1-3-8(4-2-7)15-10(18)6-17-5-9(14)11(19)16-12(17)20/h1-5H,6H2,(H,15,18)(H,16,19,20). The summed E-state index contributed by atoms with van der Waals surface area (Å²) in [4.78, 5) is 36.3. The van der Waals surface area contributed by atoms with Crippen molar-refractivity contribution < 1.29 is 4.79 Å². The molecule has 0 saturated heterocycles. The van der Waals surface area contributed by atoms with E-state index in [0.717, 1.165) is 10.8 Å². The summed E-state index contributed by atoms with van der Waals surface area (Å²) in [7, 11) is 0. The van der Waals surface area contributed by atoms with Crippen LogP contribution in [-0.2, 0) is 11.3 Å². The molecule has 104 valence electrons. The first-order valence-corrected chi connectivity index (χ1v) is 6.26. The van der Waals surface area contributed by atoms with Crippen molar-refractivity contribution in [1.82, 2.24) is 9.55 Å². The van der Waals surface area contributed by atoms with Gasteiger partial charge in [-0.15, -0.1) is 0 Å². The average Bonchev–Trinajstić information content (AvgIpc) is 2.39. The molecule has 0 aliphatic heterocycles. The van der Waals surface area contributed by atoms with E-state index in [1.807, 2.05) is 4.98 Å². The molecule has 0 spiro atoms. The molecule has 2 N–H and O–H groups in total. The SMILES string of the molecule is O=C(Cn1cc(Cl)c(=O)[nH]c1=O)Nc1ccc(Cl)cc1. The second-order valence-corrected chi connectivity index (χ2v) is 4.76. The molecule has 1 amide bonds. The molecular weight excluding hydrogens is 305 g/mol. The number of hydrogen-bond acceptors (Lipinski definition) is 3. The maximum absolute atomic E-state index is 11.8. The lowest BCUT2D eigenvalue weighted by molar-refractivity contribution is -0.116. The lowest BCUT2D eigenvalue weighted by atomic mass is 10.3. The zero-order valence-electron chi connectivity index (χ0n) is 10.0. The highest BCUT2D eigenvalue weighted by atomic mass is 35.5. The fourth-order valence-corrected chi connectivity index (χ4v) is 1.78. The van der Waals surface area contributed by atoms with Crippen molar-refractivity contribution in [2.75, 3.05) is 5.32 Å². The predicted molar refractivity (Wildman–Crippen MR) is 76.4 cm³/mol. The fraction of sp³-hybridized carbons (Fsp3) is 0.0833. The summed E-state index contributed by atoms with van der Waals surface area (Å²) in [6.07, 6.45) is 1.12. The molecule has 0 aliphatic carbocycles. The van der Waals surface area contributed by atoms with Crippen LogP contribution in [0.5, 0.6) is 0 Å². The van der Waals surface area contributed by atoms with Gasteiger partial charge >= 0.3 is 5.69 Å². The normalized spacial score (nSPS) is 10.3. The number of nitrogens with one attached hydrogen (secondary N) is 2. The Morgan fingerprint density at radius 1 is 1.20 bits per heavy atom. The second kappa shape index (κ2) is 5.94. The van der Waals surface area contributed by atoms with E-state index >= 15 is 0 Å². The summed E-state index contributed by atoms with van der Waals surface area (Å²) in [6.45, 7) is -0.266. The van der Waals surface area contributed by atoms with Gasteiger partial charge in [-0.25, -0.2) is 4.79 Å². The van der Waals surface area contributed by atoms with Gasteiger partial charge in [-0.1, -0.05) is 23.2 Å². The molecule has 2 aromatic rings. The first-order chi connectivity index (χ1) is 9.45. The van der Waals surface area contributed by atoms with Crippen molar-refractivity contribution in [3.63, 3.8) is 0 Å². The number of hydrogen-bond donors (Lipinski definition) is 2. The third-order valence-electron chi connectivity index (χ3n) is 2.41. The topological polar surface area (TPSA) is 84.0 Å².